The summed E-state index contributed by atoms with van der Waals surface area (Å²) < 4.78 is 0. The number of nitrogens with two attached hydrogens (primary N) is 1. The Hall–Kier alpha value is -0.830. The van der Waals surface area contributed by atoms with Crippen LogP contribution in [0.5, 0.6) is 0 Å². The van der Waals surface area contributed by atoms with Crippen molar-refractivity contribution in [2.45, 2.75) is 38.6 Å². The second kappa shape index (κ2) is 5.00. The summed E-state index contributed by atoms with van der Waals surface area (Å²) in [5, 5.41) is 0. The number of hydrogen-bond acceptors (Lipinski definition) is 2. The number of hydrogen-bond donors (Lipinski definition) is 1. The van der Waals surface area contributed by atoms with Crippen molar-refractivity contribution < 1.29 is 4.79 Å². The van der Waals surface area contributed by atoms with Crippen LogP contribution in [0.4, 0.5) is 0 Å². The molecule has 16 heavy (non-hydrogen) atoms. The fraction of sp³-hybridized carbons (Fsp3) is 0.769. The van der Waals surface area contributed by atoms with Crippen molar-refractivity contribution in [1.29, 1.82) is 0 Å². The fourth-order valence-electron chi connectivity index (χ4n) is 2.63. The first kappa shape index (κ1) is 11.6. The highest BCUT2D eigenvalue weighted by atomic mass is 16.2. The second-order valence-electron chi connectivity index (χ2n) is 5.25. The zero-order valence-corrected chi connectivity index (χ0v) is 10.1. The molecule has 2 aliphatic rings. The van der Waals surface area contributed by atoms with E-state index in [0.717, 1.165) is 38.3 Å². The van der Waals surface area contributed by atoms with Gasteiger partial charge in [-0.25, -0.2) is 0 Å². The van der Waals surface area contributed by atoms with E-state index in [0.29, 0.717) is 5.91 Å². The molecule has 90 valence electrons. The minimum absolute atomic E-state index is 0.0448. The fourth-order valence-corrected chi connectivity index (χ4v) is 2.63. The minimum Gasteiger partial charge on any atom is -0.342 e. The lowest BCUT2D eigenvalue weighted by Gasteiger charge is -2.23. The molecular formula is C13H22N2O. The van der Waals surface area contributed by atoms with Crippen LogP contribution in [0.1, 0.15) is 32.6 Å². The van der Waals surface area contributed by atoms with Crippen LogP contribution in [0.3, 0.4) is 0 Å². The minimum atomic E-state index is 0.0448. The van der Waals surface area contributed by atoms with Gasteiger partial charge in [-0.2, -0.15) is 0 Å². The molecule has 1 heterocycles. The molecule has 2 N–H and O–H groups in total. The van der Waals surface area contributed by atoms with Crippen LogP contribution in [0.15, 0.2) is 12.2 Å². The van der Waals surface area contributed by atoms with Crippen LogP contribution < -0.4 is 5.73 Å². The van der Waals surface area contributed by atoms with Crippen molar-refractivity contribution in [3.8, 4) is 0 Å². The van der Waals surface area contributed by atoms with Gasteiger partial charge in [0.25, 0.3) is 0 Å². The third-order valence-electron chi connectivity index (χ3n) is 3.76. The van der Waals surface area contributed by atoms with Gasteiger partial charge in [-0.15, -0.1) is 0 Å². The maximum atomic E-state index is 12.2. The lowest BCUT2D eigenvalue weighted by Crippen LogP contribution is -2.36. The van der Waals surface area contributed by atoms with E-state index in [1.165, 1.54) is 6.42 Å². The molecule has 0 aromatic rings. The van der Waals surface area contributed by atoms with Gasteiger partial charge in [-0.1, -0.05) is 19.1 Å². The summed E-state index contributed by atoms with van der Waals surface area (Å²) in [5.41, 5.74) is 5.79. The predicted molar refractivity (Wildman–Crippen MR) is 64.8 cm³/mol. The Bertz CT molecular complexity index is 288. The van der Waals surface area contributed by atoms with Crippen LogP contribution in [0.25, 0.3) is 0 Å². The van der Waals surface area contributed by atoms with Gasteiger partial charge in [0.05, 0.1) is 5.92 Å². The number of amides is 1. The smallest absolute Gasteiger partial charge is 0.229 e. The SMILES string of the molecule is CC1CCCN(C(=O)C2C=CC(N)C2)CC1. The summed E-state index contributed by atoms with van der Waals surface area (Å²) >= 11 is 0. The number of carbonyl (C=O) groups excluding carboxylic acids is 1. The molecule has 3 atom stereocenters. The van der Waals surface area contributed by atoms with Crippen LogP contribution in [-0.2, 0) is 4.79 Å². The normalized spacial score (nSPS) is 35.1. The Morgan fingerprint density at radius 2 is 2.12 bits per heavy atom. The lowest BCUT2D eigenvalue weighted by atomic mass is 10.0. The highest BCUT2D eigenvalue weighted by Gasteiger charge is 2.27. The van der Waals surface area contributed by atoms with Gasteiger partial charge in [-0.05, 0) is 31.6 Å². The Labute approximate surface area is 97.7 Å². The standard InChI is InChI=1S/C13H22N2O/c1-10-3-2-7-15(8-6-10)13(16)11-4-5-12(14)9-11/h4-5,10-12H,2-3,6-9,14H2,1H3. The number of likely N-dealkylation sites (tertiary alicyclic amines) is 1. The molecule has 0 spiro atoms. The highest BCUT2D eigenvalue weighted by Crippen LogP contribution is 2.22. The summed E-state index contributed by atoms with van der Waals surface area (Å²) in [6.45, 7) is 4.14. The van der Waals surface area contributed by atoms with E-state index >= 15 is 0 Å². The van der Waals surface area contributed by atoms with E-state index in [9.17, 15) is 4.79 Å². The molecule has 3 heteroatoms. The van der Waals surface area contributed by atoms with Crippen molar-refractivity contribution in [2.24, 2.45) is 17.6 Å². The summed E-state index contributed by atoms with van der Waals surface area (Å²) in [6.07, 6.45) is 8.29. The third-order valence-corrected chi connectivity index (χ3v) is 3.76. The molecule has 0 bridgehead atoms. The molecule has 3 unspecified atom stereocenters. The number of carbonyl (C=O) groups is 1. The molecule has 3 nitrogen and oxygen atoms in total. The average molecular weight is 222 g/mol. The first-order valence-electron chi connectivity index (χ1n) is 6.39. The van der Waals surface area contributed by atoms with Gasteiger partial charge in [0, 0.05) is 19.1 Å². The molecule has 2 rings (SSSR count). The largest absolute Gasteiger partial charge is 0.342 e. The van der Waals surface area contributed by atoms with Gasteiger partial charge in [0.1, 0.15) is 0 Å². The molecule has 0 aromatic carbocycles. The van der Waals surface area contributed by atoms with Gasteiger partial charge in [0.2, 0.25) is 5.91 Å². The van der Waals surface area contributed by atoms with Crippen molar-refractivity contribution in [3.63, 3.8) is 0 Å². The van der Waals surface area contributed by atoms with Gasteiger partial charge >= 0.3 is 0 Å². The van der Waals surface area contributed by atoms with Crippen LogP contribution in [-0.4, -0.2) is 29.9 Å². The Morgan fingerprint density at radius 3 is 2.81 bits per heavy atom. The summed E-state index contributed by atoms with van der Waals surface area (Å²) in [5.74, 6) is 1.10. The maximum Gasteiger partial charge on any atom is 0.229 e. The molecule has 1 amide bonds. The molecule has 0 saturated carbocycles. The number of rotatable bonds is 1. The maximum absolute atomic E-state index is 12.2. The quantitative estimate of drug-likeness (QED) is 0.684. The van der Waals surface area contributed by atoms with Crippen LogP contribution >= 0.6 is 0 Å². The van der Waals surface area contributed by atoms with E-state index in [2.05, 4.69) is 6.92 Å². The first-order chi connectivity index (χ1) is 7.66. The van der Waals surface area contributed by atoms with Gasteiger partial charge < -0.3 is 10.6 Å². The van der Waals surface area contributed by atoms with E-state index < -0.39 is 0 Å². The topological polar surface area (TPSA) is 46.3 Å². The number of nitrogens with zero attached hydrogens (tertiary/aromatic N) is 1. The molecule has 1 saturated heterocycles. The van der Waals surface area contributed by atoms with E-state index in [4.69, 9.17) is 5.73 Å². The Morgan fingerprint density at radius 1 is 1.31 bits per heavy atom. The molecule has 1 fully saturated rings. The molecular weight excluding hydrogens is 200 g/mol. The van der Waals surface area contributed by atoms with Crippen molar-refractivity contribution >= 4 is 5.91 Å². The Balaban J connectivity index is 1.91. The summed E-state index contributed by atoms with van der Waals surface area (Å²) in [6, 6.07) is 0.0832. The van der Waals surface area contributed by atoms with E-state index in [1.807, 2.05) is 17.1 Å². The molecule has 0 radical (unpaired) electrons. The summed E-state index contributed by atoms with van der Waals surface area (Å²) in [7, 11) is 0. The second-order valence-corrected chi connectivity index (χ2v) is 5.25. The van der Waals surface area contributed by atoms with E-state index in [1.54, 1.807) is 0 Å². The molecule has 1 aliphatic carbocycles. The van der Waals surface area contributed by atoms with Crippen molar-refractivity contribution in [3.05, 3.63) is 12.2 Å². The van der Waals surface area contributed by atoms with Gasteiger partial charge in [0.15, 0.2) is 0 Å². The predicted octanol–water partition coefficient (Wildman–Crippen LogP) is 1.54. The average Bonchev–Trinajstić information content (AvgIpc) is 2.57. The lowest BCUT2D eigenvalue weighted by molar-refractivity contribution is -0.134. The first-order valence-corrected chi connectivity index (χ1v) is 6.39. The highest BCUT2D eigenvalue weighted by molar-refractivity contribution is 5.81. The molecule has 1 aliphatic heterocycles. The third kappa shape index (κ3) is 2.64. The van der Waals surface area contributed by atoms with E-state index in [-0.39, 0.29) is 12.0 Å². The zero-order chi connectivity index (χ0) is 11.5. The van der Waals surface area contributed by atoms with Crippen LogP contribution in [0.2, 0.25) is 0 Å². The molecule has 0 aromatic heterocycles. The van der Waals surface area contributed by atoms with Crippen molar-refractivity contribution in [2.75, 3.05) is 13.1 Å². The summed E-state index contributed by atoms with van der Waals surface area (Å²) in [4.78, 5) is 14.3. The monoisotopic (exact) mass is 222 g/mol. The van der Waals surface area contributed by atoms with Gasteiger partial charge in [-0.3, -0.25) is 4.79 Å². The van der Waals surface area contributed by atoms with Crippen molar-refractivity contribution in [1.82, 2.24) is 4.90 Å². The zero-order valence-electron chi connectivity index (χ0n) is 10.1. The van der Waals surface area contributed by atoms with Crippen LogP contribution in [0, 0.1) is 11.8 Å². The Kier molecular flexibility index (Phi) is 3.64.